The Morgan fingerprint density at radius 2 is 0.664 bits per heavy atom. The third-order valence-electron chi connectivity index (χ3n) is 22.5. The fourth-order valence-corrected chi connectivity index (χ4v) is 16.0. The van der Waals surface area contributed by atoms with Crippen LogP contribution in [0.25, 0.3) is 179 Å². The molecule has 45 heteroatoms. The molecule has 0 aliphatic carbocycles. The highest BCUT2D eigenvalue weighted by Crippen LogP contribution is 2.38. The lowest BCUT2D eigenvalue weighted by atomic mass is 10.1. The molecule has 0 spiro atoms. The average Bonchev–Trinajstić information content (AvgIpc) is 0.768. The smallest absolute Gasteiger partial charge is 0.353 e. The molecule has 16 aliphatic rings. The van der Waals surface area contributed by atoms with E-state index in [0.717, 1.165) is 78.5 Å². The van der Waals surface area contributed by atoms with Gasteiger partial charge in [0.15, 0.2) is 5.58 Å². The number of nitrogens with zero attached hydrogens (tertiary/aromatic N) is 9. The van der Waals surface area contributed by atoms with Crippen LogP contribution in [0.4, 0.5) is 0 Å². The van der Waals surface area contributed by atoms with E-state index in [1.165, 1.54) is 11.7 Å². The molecule has 0 unspecified atom stereocenters. The summed E-state index contributed by atoms with van der Waals surface area (Å²) in [6.45, 7) is 18.7. The van der Waals surface area contributed by atoms with Crippen molar-refractivity contribution in [1.82, 2.24) is 79.3 Å². The number of halogens is 2. The Bertz CT molecular complexity index is 9890. The second-order valence-electron chi connectivity index (χ2n) is 34.1. The van der Waals surface area contributed by atoms with Crippen molar-refractivity contribution in [2.24, 2.45) is 5.92 Å². The Morgan fingerprint density at radius 1 is 0.336 bits per heavy atom. The predicted octanol–water partition coefficient (Wildman–Crippen LogP) is 16.1. The van der Waals surface area contributed by atoms with Crippen molar-refractivity contribution < 1.29 is 49.5 Å². The topological polar surface area (TPSA) is 590 Å². The minimum atomic E-state index is -0.749. The molecule has 16 heterocycles. The number of benzene rings is 8. The number of rotatable bonds is 8. The third kappa shape index (κ3) is 22.7. The number of methoxy groups -OCH3 is 2. The molecule has 149 heavy (non-hydrogen) atoms. The Labute approximate surface area is 851 Å². The molecule has 0 aromatic heterocycles. The van der Waals surface area contributed by atoms with Gasteiger partial charge in [0.05, 0.1) is 36.3 Å². The first-order valence-electron chi connectivity index (χ1n) is 45.0. The predicted molar refractivity (Wildman–Crippen MR) is 560 cm³/mol. The van der Waals surface area contributed by atoms with Gasteiger partial charge in [0, 0.05) is 56.4 Å². The summed E-state index contributed by atoms with van der Waals surface area (Å²) in [7, 11) is 3.06. The lowest BCUT2D eigenvalue weighted by Gasteiger charge is -2.10. The summed E-state index contributed by atoms with van der Waals surface area (Å²) in [5, 5.41) is 6.91. The Kier molecular flexibility index (Phi) is 29.2. The fourth-order valence-electron chi connectivity index (χ4n) is 15.2. The molecule has 0 fully saturated rings. The normalized spacial score (nSPS) is 11.2. The first-order valence-corrected chi connectivity index (χ1v) is 46.6. The van der Waals surface area contributed by atoms with Crippen molar-refractivity contribution in [3.63, 3.8) is 0 Å². The Hall–Kier alpha value is -18.6. The first-order chi connectivity index (χ1) is 71.2. The maximum absolute atomic E-state index is 12.4. The molecule has 41 nitrogen and oxygen atoms in total. The van der Waals surface area contributed by atoms with Crippen LogP contribution in [0.1, 0.15) is 67.0 Å². The van der Waals surface area contributed by atoms with Crippen LogP contribution < -0.4 is 92.8 Å². The number of hydrogen-bond acceptors (Lipinski definition) is 35. The molecular formula is C104H78Cl2N16O25S2. The third-order valence-corrected chi connectivity index (χ3v) is 23.7. The molecule has 8 aromatic rings. The van der Waals surface area contributed by atoms with Crippen molar-refractivity contribution in [3.05, 3.63) is 375 Å². The van der Waals surface area contributed by atoms with Gasteiger partial charge >= 0.3 is 34.1 Å². The number of aromatic amines is 7. The number of hydrogen-bond donors (Lipinski definition) is 7. The molecule has 8 aromatic carbocycles. The van der Waals surface area contributed by atoms with Gasteiger partial charge in [0.25, 0.3) is 44.5 Å². The zero-order valence-electron chi connectivity index (χ0n) is 80.0. The van der Waals surface area contributed by atoms with Gasteiger partial charge in [-0.3, -0.25) is 77.8 Å². The summed E-state index contributed by atoms with van der Waals surface area (Å²) < 4.78 is 61.7. The number of fused-ring (bicyclic) bond motifs is 16. The van der Waals surface area contributed by atoms with Gasteiger partial charge in [-0.15, -0.1) is 0 Å². The van der Waals surface area contributed by atoms with E-state index >= 15 is 0 Å². The van der Waals surface area contributed by atoms with Gasteiger partial charge in [-0.25, -0.2) is 28.8 Å². The zero-order chi connectivity index (χ0) is 106. The summed E-state index contributed by atoms with van der Waals surface area (Å²) in [5.41, 5.74) is 5.28. The zero-order valence-corrected chi connectivity index (χ0v) is 83.1. The van der Waals surface area contributed by atoms with Crippen LogP contribution >= 0.6 is 47.6 Å². The molecule has 0 saturated carbocycles. The molecule has 0 amide bonds. The number of ether oxygens (including phenoxy) is 3. The number of aromatic nitrogens is 16. The quantitative estimate of drug-likeness (QED) is 0.0549. The minimum absolute atomic E-state index is 0.0104. The van der Waals surface area contributed by atoms with Crippen LogP contribution in [0, 0.1) is 57.0 Å². The molecule has 750 valence electrons. The van der Waals surface area contributed by atoms with Gasteiger partial charge in [0.1, 0.15) is 101 Å². The molecule has 7 N–H and O–H groups in total. The van der Waals surface area contributed by atoms with Gasteiger partial charge in [0.2, 0.25) is 56.7 Å². The maximum Gasteiger partial charge on any atom is 0.353 e. The first kappa shape index (κ1) is 102. The molecular weight excluding hydrogens is 2010 g/mol. The van der Waals surface area contributed by atoms with Crippen LogP contribution in [-0.4, -0.2) is 100 Å². The van der Waals surface area contributed by atoms with E-state index < -0.39 is 61.9 Å². The number of nitrogens with one attached hydrogen (secondary N) is 7. The summed E-state index contributed by atoms with van der Waals surface area (Å²) in [6, 6.07) is 52.0. The largest absolute Gasteiger partial charge is 0.496 e. The standard InChI is InChI=1S/C16H16N2O3.C15H14N2O4.C13H10N2O3S.C12H7ClN2O4.C12H7ClN2O3.2C12H8N2O3.C12H8N2O2S/c1-3-4-7-18-15(19)12-9-11-6-5-10(2)8-13(11)21-14(12)17-16(18)20;1-8(2)7-20-10-4-3-9-5-11-13(18)16-15(19)17-14(11)21-12(9)6-10;1-6-3-9(17-2)7-5-8-11(16)14-13(19)15-12(8)18-10(7)4-6;1-18-9-4-8-5(3-7(9)13)2-6-10(16)14-12(17)15-11(6)19-8;1-5-2-3-6-4-7-10(16)14-12(17)15-11(7)18-9(6)8(5)13;2*1-6-2-3-7-5-8-10(15)13-12(16)14-11(8)17-9(7)4-6;1-6-2-3-7-5-8-10(15)13-12(17)14-11(8)16-9(7)4-6/h5-6,8-9H,3-4,7H2,1-2H3;3-6,8H,7H2,1-2H3,(H,16,18,19);3-5H,1-2H3,(H,14,16,19);2-4H,1H3,(H,14,16,17);2-4H,1H3,(H,14,16,17);2*2-5H,1H3,(H,13,15,16);2-5H,1H3,(H,13,15,17). The van der Waals surface area contributed by atoms with Crippen LogP contribution in [0.3, 0.4) is 0 Å². The van der Waals surface area contributed by atoms with Gasteiger partial charge in [-0.1, -0.05) is 111 Å². The second-order valence-corrected chi connectivity index (χ2v) is 35.7. The molecule has 16 aliphatic heterocycles. The summed E-state index contributed by atoms with van der Waals surface area (Å²) in [4.78, 5) is 207. The molecule has 0 bridgehead atoms. The van der Waals surface area contributed by atoms with E-state index in [2.05, 4.69) is 88.6 Å². The number of aryl methyl sites for hydroxylation is 6. The van der Waals surface area contributed by atoms with Gasteiger partial charge in [-0.05, 0) is 215 Å². The summed E-state index contributed by atoms with van der Waals surface area (Å²) in [5.74, 6) is 2.91. The Balaban J connectivity index is 0.000000116. The van der Waals surface area contributed by atoms with E-state index in [1.807, 2.05) is 146 Å². The maximum atomic E-state index is 12.4. The molecule has 24 rings (SSSR count). The van der Waals surface area contributed by atoms with Gasteiger partial charge in [-0.2, -0.15) is 39.9 Å². The van der Waals surface area contributed by atoms with Crippen LogP contribution in [0.2, 0.25) is 10.0 Å². The number of H-pyrrole nitrogens is 7. The second kappa shape index (κ2) is 42.7. The van der Waals surface area contributed by atoms with E-state index in [-0.39, 0.29) is 101 Å². The minimum Gasteiger partial charge on any atom is -0.496 e. The van der Waals surface area contributed by atoms with Crippen molar-refractivity contribution in [3.8, 4) is 109 Å². The average molecular weight is 2090 g/mol. The molecule has 0 radical (unpaired) electrons. The highest BCUT2D eigenvalue weighted by Gasteiger charge is 2.25. The fraction of sp³-hybridized carbons (Fsp3) is 0.154. The lowest BCUT2D eigenvalue weighted by molar-refractivity contribution is 0.271. The van der Waals surface area contributed by atoms with Crippen molar-refractivity contribution in [2.45, 2.75) is 81.7 Å². The molecule has 0 atom stereocenters. The van der Waals surface area contributed by atoms with Crippen molar-refractivity contribution in [2.75, 3.05) is 20.8 Å². The highest BCUT2D eigenvalue weighted by atomic mass is 35.5. The van der Waals surface area contributed by atoms with E-state index in [4.69, 9.17) is 97.2 Å². The van der Waals surface area contributed by atoms with Crippen molar-refractivity contribution >= 4 is 135 Å². The monoisotopic (exact) mass is 2080 g/mol. The van der Waals surface area contributed by atoms with E-state index in [1.54, 1.807) is 86.0 Å². The van der Waals surface area contributed by atoms with Crippen LogP contribution in [0.15, 0.2) is 278 Å². The Morgan fingerprint density at radius 3 is 1.07 bits per heavy atom. The van der Waals surface area contributed by atoms with E-state index in [9.17, 15) is 67.1 Å². The van der Waals surface area contributed by atoms with Gasteiger partial charge < -0.3 is 49.5 Å². The van der Waals surface area contributed by atoms with Crippen molar-refractivity contribution in [1.29, 1.82) is 0 Å². The SMILES string of the molecule is CC(C)COc1ccc2cc3c(=O)[nH]c(=O)nc-3oc2c1.CCCCn1c(=O)nc2oc3cc(C)ccc3cc-2c1=O.COc1cc(C)cc2oc3nc(=S)[nH]c(=O)c-3cc12.COc1cc2oc3nc(=O)[nH]c(=O)c-3cc2cc1Cl.Cc1ccc2cc3c(=O)[nH]c(=O)nc-3oc2c1.Cc1ccc2cc3c(=O)[nH]c(=O)nc-3oc2c1.Cc1ccc2cc3c(=O)[nH]c(=O)nc-3oc2c1Cl.Cc1ccc2cc3c(=O)[nH]c(=S)nc-3oc2c1. The summed E-state index contributed by atoms with van der Waals surface area (Å²) >= 11 is 21.8. The number of unbranched alkanes of at least 4 members (excludes halogenated alkanes) is 1. The summed E-state index contributed by atoms with van der Waals surface area (Å²) in [6.07, 6.45) is 1.68. The highest BCUT2D eigenvalue weighted by molar-refractivity contribution is 7.71. The lowest BCUT2D eigenvalue weighted by Crippen LogP contribution is -2.36. The van der Waals surface area contributed by atoms with Crippen LogP contribution in [-0.2, 0) is 6.54 Å². The molecule has 0 saturated heterocycles. The van der Waals surface area contributed by atoms with E-state index in [0.29, 0.717) is 118 Å². The van der Waals surface area contributed by atoms with Crippen LogP contribution in [0.5, 0.6) is 17.2 Å².